The number of carbonyl (C=O) groups is 1. The van der Waals surface area contributed by atoms with Crippen LogP contribution in [0.2, 0.25) is 0 Å². The average Bonchev–Trinajstić information content (AvgIpc) is 2.43. The van der Waals surface area contributed by atoms with Crippen molar-refractivity contribution in [1.82, 2.24) is 5.32 Å². The standard InChI is InChI=1S/C16H33NO4S.Na/c1-2-3-4-5-6-7-8-9-10-11-12-13-16(18)17-14-15-22(19,20)21;/h2-15H2,1H3,(H,17,18)(H,19,20,21);. The predicted molar refractivity (Wildman–Crippen MR) is 96.3 cm³/mol. The number of rotatable bonds is 15. The monoisotopic (exact) mass is 358 g/mol. The van der Waals surface area contributed by atoms with E-state index in [9.17, 15) is 13.2 Å². The van der Waals surface area contributed by atoms with E-state index in [2.05, 4.69) is 12.2 Å². The van der Waals surface area contributed by atoms with Crippen molar-refractivity contribution in [3.8, 4) is 0 Å². The molecule has 0 spiro atoms. The van der Waals surface area contributed by atoms with E-state index in [1.807, 2.05) is 0 Å². The molecule has 0 rings (SSSR count). The van der Waals surface area contributed by atoms with Crippen molar-refractivity contribution in [3.63, 3.8) is 0 Å². The van der Waals surface area contributed by atoms with Gasteiger partial charge in [0.1, 0.15) is 0 Å². The van der Waals surface area contributed by atoms with Crippen LogP contribution in [0.3, 0.4) is 0 Å². The normalized spacial score (nSPS) is 11.0. The zero-order chi connectivity index (χ0) is 16.7. The maximum atomic E-state index is 11.4. The average molecular weight is 358 g/mol. The Balaban J connectivity index is 0. The Morgan fingerprint density at radius 2 is 1.30 bits per heavy atom. The van der Waals surface area contributed by atoms with Crippen molar-refractivity contribution in [3.05, 3.63) is 0 Å². The second-order valence-electron chi connectivity index (χ2n) is 5.92. The molecular weight excluding hydrogens is 325 g/mol. The molecule has 7 heteroatoms. The Labute approximate surface area is 164 Å². The largest absolute Gasteiger partial charge is 0.355 e. The molecule has 0 aliphatic carbocycles. The summed E-state index contributed by atoms with van der Waals surface area (Å²) in [6, 6.07) is 0. The first-order valence-corrected chi connectivity index (χ1v) is 10.3. The SMILES string of the molecule is CCCCCCCCCCCCCC(=O)NCCS(=O)(=O)O.[Na]. The van der Waals surface area contributed by atoms with Crippen LogP contribution in [0.5, 0.6) is 0 Å². The summed E-state index contributed by atoms with van der Waals surface area (Å²) in [4.78, 5) is 11.4. The molecule has 0 saturated heterocycles. The molecule has 0 atom stereocenters. The zero-order valence-electron chi connectivity index (χ0n) is 15.0. The van der Waals surface area contributed by atoms with Gasteiger partial charge >= 0.3 is 0 Å². The molecule has 0 heterocycles. The quantitative estimate of drug-likeness (QED) is 0.267. The summed E-state index contributed by atoms with van der Waals surface area (Å²) in [5, 5.41) is 2.50. The van der Waals surface area contributed by atoms with E-state index in [0.717, 1.165) is 19.3 Å². The van der Waals surface area contributed by atoms with Gasteiger partial charge in [-0.1, -0.05) is 71.1 Å². The van der Waals surface area contributed by atoms with Crippen LogP contribution in [0.15, 0.2) is 0 Å². The fourth-order valence-corrected chi connectivity index (χ4v) is 2.72. The number of unbranched alkanes of at least 4 members (excludes halogenated alkanes) is 10. The van der Waals surface area contributed by atoms with Crippen molar-refractivity contribution < 1.29 is 17.8 Å². The Hall–Kier alpha value is 0.380. The molecule has 0 aromatic carbocycles. The summed E-state index contributed by atoms with van der Waals surface area (Å²) >= 11 is 0. The third-order valence-electron chi connectivity index (χ3n) is 3.69. The Kier molecular flexibility index (Phi) is 19.2. The Morgan fingerprint density at radius 1 is 0.870 bits per heavy atom. The van der Waals surface area contributed by atoms with Gasteiger partial charge in [0.2, 0.25) is 5.91 Å². The molecule has 0 aromatic rings. The molecule has 23 heavy (non-hydrogen) atoms. The van der Waals surface area contributed by atoms with Gasteiger partial charge in [-0.3, -0.25) is 9.35 Å². The van der Waals surface area contributed by atoms with Crippen molar-refractivity contribution in [2.75, 3.05) is 12.3 Å². The Bertz CT molecular complexity index is 374. The maximum absolute atomic E-state index is 11.4. The fraction of sp³-hybridized carbons (Fsp3) is 0.938. The molecule has 5 nitrogen and oxygen atoms in total. The number of carbonyl (C=O) groups excluding carboxylic acids is 1. The predicted octanol–water partition coefficient (Wildman–Crippen LogP) is 3.31. The summed E-state index contributed by atoms with van der Waals surface area (Å²) in [6.07, 6.45) is 14.0. The molecule has 133 valence electrons. The molecule has 0 bridgehead atoms. The topological polar surface area (TPSA) is 83.5 Å². The van der Waals surface area contributed by atoms with E-state index >= 15 is 0 Å². The fourth-order valence-electron chi connectivity index (χ4n) is 2.36. The summed E-state index contributed by atoms with van der Waals surface area (Å²) in [5.74, 6) is -0.559. The molecular formula is C16H33NNaO4S. The van der Waals surface area contributed by atoms with Gasteiger partial charge in [-0.05, 0) is 6.42 Å². The van der Waals surface area contributed by atoms with Crippen molar-refractivity contribution in [2.24, 2.45) is 0 Å². The van der Waals surface area contributed by atoms with E-state index in [4.69, 9.17) is 4.55 Å². The van der Waals surface area contributed by atoms with Crippen LogP contribution in [-0.2, 0) is 14.9 Å². The zero-order valence-corrected chi connectivity index (χ0v) is 17.8. The third kappa shape index (κ3) is 22.4. The van der Waals surface area contributed by atoms with E-state index in [1.165, 1.54) is 51.4 Å². The molecule has 0 saturated carbocycles. The molecule has 0 aromatic heterocycles. The first kappa shape index (κ1) is 25.6. The van der Waals surface area contributed by atoms with Gasteiger partial charge in [0.05, 0.1) is 5.75 Å². The van der Waals surface area contributed by atoms with Crippen LogP contribution >= 0.6 is 0 Å². The molecule has 0 unspecified atom stereocenters. The van der Waals surface area contributed by atoms with Gasteiger partial charge < -0.3 is 5.32 Å². The van der Waals surface area contributed by atoms with Gasteiger partial charge in [-0.15, -0.1) is 0 Å². The number of amides is 1. The maximum Gasteiger partial charge on any atom is 0.266 e. The smallest absolute Gasteiger partial charge is 0.266 e. The second-order valence-corrected chi connectivity index (χ2v) is 7.49. The van der Waals surface area contributed by atoms with Crippen LogP contribution in [0.4, 0.5) is 0 Å². The molecule has 0 aliphatic heterocycles. The van der Waals surface area contributed by atoms with Gasteiger partial charge in [-0.2, -0.15) is 8.42 Å². The number of nitrogens with one attached hydrogen (secondary N) is 1. The van der Waals surface area contributed by atoms with Crippen molar-refractivity contribution in [1.29, 1.82) is 0 Å². The van der Waals surface area contributed by atoms with Gasteiger partial charge in [-0.25, -0.2) is 0 Å². The van der Waals surface area contributed by atoms with E-state index in [-0.39, 0.29) is 42.0 Å². The molecule has 0 fully saturated rings. The van der Waals surface area contributed by atoms with Crippen LogP contribution in [-0.4, -0.2) is 60.7 Å². The first-order chi connectivity index (χ1) is 10.5. The third-order valence-corrected chi connectivity index (χ3v) is 4.41. The second kappa shape index (κ2) is 17.2. The number of hydrogen-bond acceptors (Lipinski definition) is 3. The van der Waals surface area contributed by atoms with E-state index in [0.29, 0.717) is 6.42 Å². The summed E-state index contributed by atoms with van der Waals surface area (Å²) in [7, 11) is -3.98. The van der Waals surface area contributed by atoms with Crippen molar-refractivity contribution in [2.45, 2.75) is 84.0 Å². The summed E-state index contributed by atoms with van der Waals surface area (Å²) in [5.41, 5.74) is 0. The Morgan fingerprint density at radius 3 is 1.74 bits per heavy atom. The van der Waals surface area contributed by atoms with E-state index in [1.54, 1.807) is 0 Å². The van der Waals surface area contributed by atoms with Gasteiger partial charge in [0.25, 0.3) is 10.1 Å². The van der Waals surface area contributed by atoms with Crippen LogP contribution in [0.1, 0.15) is 84.0 Å². The minimum atomic E-state index is -3.98. The van der Waals surface area contributed by atoms with Crippen LogP contribution < -0.4 is 5.32 Å². The first-order valence-electron chi connectivity index (χ1n) is 8.67. The van der Waals surface area contributed by atoms with Gasteiger partial charge in [0.15, 0.2) is 0 Å². The minimum absolute atomic E-state index is 0. The number of hydrogen-bond donors (Lipinski definition) is 2. The molecule has 0 aliphatic rings. The minimum Gasteiger partial charge on any atom is -0.355 e. The molecule has 1 amide bonds. The summed E-state index contributed by atoms with van der Waals surface area (Å²) in [6.45, 7) is 2.21. The molecule has 1 radical (unpaired) electrons. The van der Waals surface area contributed by atoms with Crippen LogP contribution in [0, 0.1) is 0 Å². The van der Waals surface area contributed by atoms with Gasteiger partial charge in [0, 0.05) is 42.5 Å². The van der Waals surface area contributed by atoms with E-state index < -0.39 is 15.9 Å². The summed E-state index contributed by atoms with van der Waals surface area (Å²) < 4.78 is 29.5. The van der Waals surface area contributed by atoms with Crippen molar-refractivity contribution >= 4 is 45.6 Å². The molecule has 2 N–H and O–H groups in total. The van der Waals surface area contributed by atoms with Crippen LogP contribution in [0.25, 0.3) is 0 Å².